The van der Waals surface area contributed by atoms with Crippen molar-refractivity contribution in [2.45, 2.75) is 25.9 Å². The van der Waals surface area contributed by atoms with E-state index in [9.17, 15) is 4.79 Å². The summed E-state index contributed by atoms with van der Waals surface area (Å²) in [6.07, 6.45) is 9.81. The molecule has 1 aliphatic heterocycles. The quantitative estimate of drug-likeness (QED) is 0.403. The Hall–Kier alpha value is -4.01. The van der Waals surface area contributed by atoms with Crippen LogP contribution in [0.1, 0.15) is 31.6 Å². The van der Waals surface area contributed by atoms with Crippen LogP contribution >= 0.6 is 0 Å². The first-order chi connectivity index (χ1) is 14.7. The van der Waals surface area contributed by atoms with E-state index >= 15 is 0 Å². The van der Waals surface area contributed by atoms with Crippen LogP contribution in [0.3, 0.4) is 0 Å². The molecule has 1 unspecified atom stereocenters. The van der Waals surface area contributed by atoms with E-state index in [1.165, 1.54) is 0 Å². The Morgan fingerprint density at radius 2 is 1.93 bits per heavy atom. The summed E-state index contributed by atoms with van der Waals surface area (Å²) in [6, 6.07) is 5.85. The lowest BCUT2D eigenvalue weighted by atomic mass is 10.1. The highest BCUT2D eigenvalue weighted by Crippen LogP contribution is 2.36. The summed E-state index contributed by atoms with van der Waals surface area (Å²) in [7, 11) is 0. The number of hydrogen-bond acceptors (Lipinski definition) is 7. The fourth-order valence-corrected chi connectivity index (χ4v) is 3.54. The molecule has 0 aliphatic carbocycles. The van der Waals surface area contributed by atoms with Gasteiger partial charge in [0.25, 0.3) is 0 Å². The van der Waals surface area contributed by atoms with E-state index < -0.39 is 0 Å². The molecular weight excluding hydrogens is 380 g/mol. The van der Waals surface area contributed by atoms with Gasteiger partial charge in [-0.05, 0) is 24.6 Å². The smallest absolute Gasteiger partial charge is 0.224 e. The fourth-order valence-electron chi connectivity index (χ4n) is 3.54. The van der Waals surface area contributed by atoms with Gasteiger partial charge in [0.1, 0.15) is 6.17 Å². The minimum atomic E-state index is -0.163. The molecule has 4 aromatic rings. The number of hydrogen-bond donors (Lipinski definition) is 4. The average molecular weight is 400 g/mol. The maximum atomic E-state index is 11.9. The molecule has 0 saturated carbocycles. The summed E-state index contributed by atoms with van der Waals surface area (Å²) in [6.45, 7) is 1.97. The zero-order valence-corrected chi connectivity index (χ0v) is 16.3. The lowest BCUT2D eigenvalue weighted by Crippen LogP contribution is -2.13. The molecule has 0 aromatic carbocycles. The largest absolute Gasteiger partial charge is 0.359 e. The molecule has 9 heteroatoms. The lowest BCUT2D eigenvalue weighted by molar-refractivity contribution is -0.116. The Labute approximate surface area is 172 Å². The number of aromatic nitrogens is 5. The zero-order chi connectivity index (χ0) is 20.5. The molecular formula is C21H20N8O. The number of pyridine rings is 3. The number of H-pyrrole nitrogens is 1. The third-order valence-corrected chi connectivity index (χ3v) is 4.98. The van der Waals surface area contributed by atoms with Gasteiger partial charge >= 0.3 is 0 Å². The summed E-state index contributed by atoms with van der Waals surface area (Å²) >= 11 is 0. The molecule has 0 fully saturated rings. The first-order valence-corrected chi connectivity index (χ1v) is 9.77. The Morgan fingerprint density at radius 1 is 1.07 bits per heavy atom. The Bertz CT molecular complexity index is 1210. The Balaban J connectivity index is 1.46. The molecule has 0 spiro atoms. The van der Waals surface area contributed by atoms with Gasteiger partial charge in [-0.2, -0.15) is 5.10 Å². The molecule has 0 radical (unpaired) electrons. The zero-order valence-electron chi connectivity index (χ0n) is 16.3. The first kappa shape index (κ1) is 18.0. The van der Waals surface area contributed by atoms with E-state index in [1.807, 2.05) is 25.1 Å². The van der Waals surface area contributed by atoms with Crippen LogP contribution in [-0.4, -0.2) is 31.1 Å². The van der Waals surface area contributed by atoms with Crippen LogP contribution < -0.4 is 16.0 Å². The summed E-state index contributed by atoms with van der Waals surface area (Å²) in [5, 5.41) is 18.0. The van der Waals surface area contributed by atoms with Crippen LogP contribution in [0.2, 0.25) is 0 Å². The predicted molar refractivity (Wildman–Crippen MR) is 115 cm³/mol. The summed E-state index contributed by atoms with van der Waals surface area (Å²) in [5.74, 6) is -0.0189. The van der Waals surface area contributed by atoms with Crippen LogP contribution in [0.25, 0.3) is 22.2 Å². The van der Waals surface area contributed by atoms with Crippen molar-refractivity contribution < 1.29 is 4.79 Å². The highest BCUT2D eigenvalue weighted by Gasteiger charge is 2.24. The van der Waals surface area contributed by atoms with Gasteiger partial charge in [0, 0.05) is 41.5 Å². The molecule has 1 amide bonds. The molecule has 0 bridgehead atoms. The van der Waals surface area contributed by atoms with Crippen molar-refractivity contribution in [3.05, 3.63) is 54.9 Å². The van der Waals surface area contributed by atoms with Gasteiger partial charge in [-0.1, -0.05) is 6.92 Å². The number of anilines is 3. The number of amides is 1. The van der Waals surface area contributed by atoms with Crippen molar-refractivity contribution in [3.63, 3.8) is 0 Å². The average Bonchev–Trinajstić information content (AvgIpc) is 3.37. The van der Waals surface area contributed by atoms with E-state index in [1.54, 1.807) is 31.0 Å². The Morgan fingerprint density at radius 3 is 2.80 bits per heavy atom. The monoisotopic (exact) mass is 400 g/mol. The number of rotatable bonds is 5. The van der Waals surface area contributed by atoms with Crippen molar-refractivity contribution >= 4 is 34.0 Å². The second-order valence-electron chi connectivity index (χ2n) is 7.14. The molecule has 5 rings (SSSR count). The molecule has 1 atom stereocenters. The van der Waals surface area contributed by atoms with Gasteiger partial charge < -0.3 is 16.0 Å². The third-order valence-electron chi connectivity index (χ3n) is 4.98. The van der Waals surface area contributed by atoms with E-state index in [2.05, 4.69) is 41.1 Å². The molecule has 30 heavy (non-hydrogen) atoms. The fraction of sp³-hybridized carbons (Fsp3) is 0.190. The minimum Gasteiger partial charge on any atom is -0.359 e. The number of carbonyl (C=O) groups is 1. The highest BCUT2D eigenvalue weighted by atomic mass is 16.1. The molecule has 4 aromatic heterocycles. The summed E-state index contributed by atoms with van der Waals surface area (Å²) in [4.78, 5) is 24.8. The normalized spacial score (nSPS) is 14.8. The van der Waals surface area contributed by atoms with Crippen LogP contribution in [0, 0.1) is 0 Å². The number of fused-ring (bicyclic) bond motifs is 2. The standard InChI is InChI=1S/C21H20N8O/c1-2-3-18(30)25-14-6-12(8-23-10-14)13-7-15-19(28-29-20(15)24-9-13)21-26-16-4-5-22-11-17(16)27-21/h4-11,21,26-27H,2-3H2,1H3,(H,25,30)(H,24,28,29). The van der Waals surface area contributed by atoms with Gasteiger partial charge in [0.05, 0.1) is 35.1 Å². The summed E-state index contributed by atoms with van der Waals surface area (Å²) < 4.78 is 0. The maximum Gasteiger partial charge on any atom is 0.224 e. The third kappa shape index (κ3) is 3.30. The van der Waals surface area contributed by atoms with Crippen LogP contribution in [-0.2, 0) is 4.79 Å². The molecule has 1 aliphatic rings. The lowest BCUT2D eigenvalue weighted by Gasteiger charge is -2.11. The van der Waals surface area contributed by atoms with Crippen LogP contribution in [0.15, 0.2) is 49.2 Å². The molecule has 5 heterocycles. The first-order valence-electron chi connectivity index (χ1n) is 9.77. The Kier molecular flexibility index (Phi) is 4.47. The number of aromatic amines is 1. The van der Waals surface area contributed by atoms with E-state index in [-0.39, 0.29) is 12.1 Å². The van der Waals surface area contributed by atoms with Crippen molar-refractivity contribution in [3.8, 4) is 11.1 Å². The number of nitrogens with zero attached hydrogens (tertiary/aromatic N) is 4. The predicted octanol–water partition coefficient (Wildman–Crippen LogP) is 3.69. The van der Waals surface area contributed by atoms with Gasteiger partial charge in [-0.25, -0.2) is 4.98 Å². The molecule has 0 saturated heterocycles. The topological polar surface area (TPSA) is 121 Å². The van der Waals surface area contributed by atoms with Crippen molar-refractivity contribution in [2.24, 2.45) is 0 Å². The van der Waals surface area contributed by atoms with Crippen molar-refractivity contribution in [1.82, 2.24) is 25.1 Å². The van der Waals surface area contributed by atoms with Crippen LogP contribution in [0.4, 0.5) is 17.1 Å². The van der Waals surface area contributed by atoms with Gasteiger partial charge in [0.2, 0.25) is 5.91 Å². The second kappa shape index (κ2) is 7.43. The van der Waals surface area contributed by atoms with E-state index in [0.29, 0.717) is 17.8 Å². The summed E-state index contributed by atoms with van der Waals surface area (Å²) in [5.41, 5.74) is 5.87. The SMILES string of the molecule is CCCC(=O)Nc1cncc(-c2cnc3n[nH]c(C4Nc5ccncc5N4)c3c2)c1. The highest BCUT2D eigenvalue weighted by molar-refractivity contribution is 5.91. The van der Waals surface area contributed by atoms with Crippen LogP contribution in [0.5, 0.6) is 0 Å². The van der Waals surface area contributed by atoms with E-state index in [4.69, 9.17) is 0 Å². The maximum absolute atomic E-state index is 11.9. The number of nitrogens with one attached hydrogen (secondary N) is 4. The van der Waals surface area contributed by atoms with Gasteiger partial charge in [-0.3, -0.25) is 19.9 Å². The molecule has 9 nitrogen and oxygen atoms in total. The molecule has 150 valence electrons. The number of carbonyl (C=O) groups excluding carboxylic acids is 1. The van der Waals surface area contributed by atoms with Gasteiger partial charge in [0.15, 0.2) is 5.65 Å². The molecule has 4 N–H and O–H groups in total. The van der Waals surface area contributed by atoms with E-state index in [0.717, 1.165) is 40.0 Å². The van der Waals surface area contributed by atoms with Crippen molar-refractivity contribution in [2.75, 3.05) is 16.0 Å². The van der Waals surface area contributed by atoms with Crippen molar-refractivity contribution in [1.29, 1.82) is 0 Å². The second-order valence-corrected chi connectivity index (χ2v) is 7.14. The van der Waals surface area contributed by atoms with Gasteiger partial charge in [-0.15, -0.1) is 0 Å². The minimum absolute atomic E-state index is 0.0189.